The van der Waals surface area contributed by atoms with Crippen LogP contribution in [0.3, 0.4) is 0 Å². The first-order chi connectivity index (χ1) is 9.26. The van der Waals surface area contributed by atoms with Crippen molar-refractivity contribution in [2.75, 3.05) is 20.8 Å². The molecule has 0 saturated carbocycles. The quantitative estimate of drug-likeness (QED) is 0.808. The van der Waals surface area contributed by atoms with E-state index in [0.29, 0.717) is 19.4 Å². The molecular formula is C13H18N4O2. The summed E-state index contributed by atoms with van der Waals surface area (Å²) in [7, 11) is 3.27. The maximum atomic E-state index is 5.47. The lowest BCUT2D eigenvalue weighted by molar-refractivity contribution is 0.391. The Morgan fingerprint density at radius 1 is 1.26 bits per heavy atom. The Labute approximate surface area is 111 Å². The minimum absolute atomic E-state index is 0.545. The second-order valence-electron chi connectivity index (χ2n) is 4.09. The number of aromatic amines is 1. The van der Waals surface area contributed by atoms with Crippen LogP contribution in [-0.2, 0) is 12.8 Å². The van der Waals surface area contributed by atoms with Crippen LogP contribution in [0, 0.1) is 0 Å². The molecule has 0 spiro atoms. The highest BCUT2D eigenvalue weighted by Crippen LogP contribution is 2.25. The predicted molar refractivity (Wildman–Crippen MR) is 71.5 cm³/mol. The molecule has 1 aromatic carbocycles. The fraction of sp³-hybridized carbons (Fsp3) is 0.385. The molecule has 3 N–H and O–H groups in total. The van der Waals surface area contributed by atoms with Gasteiger partial charge in [0, 0.05) is 24.5 Å². The Kier molecular flexibility index (Phi) is 4.35. The molecule has 2 aromatic rings. The lowest BCUT2D eigenvalue weighted by Gasteiger charge is -2.09. The average molecular weight is 262 g/mol. The number of benzene rings is 1. The van der Waals surface area contributed by atoms with Crippen molar-refractivity contribution in [2.24, 2.45) is 5.73 Å². The van der Waals surface area contributed by atoms with Crippen molar-refractivity contribution in [3.05, 3.63) is 35.4 Å². The highest BCUT2D eigenvalue weighted by Gasteiger charge is 2.09. The van der Waals surface area contributed by atoms with Gasteiger partial charge in [0.15, 0.2) is 5.82 Å². The van der Waals surface area contributed by atoms with E-state index in [0.717, 1.165) is 28.7 Å². The number of hydrogen-bond donors (Lipinski definition) is 2. The molecule has 0 radical (unpaired) electrons. The molecule has 0 unspecified atom stereocenters. The van der Waals surface area contributed by atoms with Gasteiger partial charge in [0.2, 0.25) is 0 Å². The minimum Gasteiger partial charge on any atom is -0.497 e. The van der Waals surface area contributed by atoms with E-state index in [1.807, 2.05) is 18.2 Å². The van der Waals surface area contributed by atoms with E-state index in [4.69, 9.17) is 15.2 Å². The van der Waals surface area contributed by atoms with Crippen LogP contribution in [-0.4, -0.2) is 35.9 Å². The third-order valence-electron chi connectivity index (χ3n) is 2.80. The Hall–Kier alpha value is -2.08. The molecule has 0 amide bonds. The van der Waals surface area contributed by atoms with Gasteiger partial charge in [0.1, 0.15) is 17.3 Å². The molecule has 0 aliphatic rings. The van der Waals surface area contributed by atoms with Crippen molar-refractivity contribution in [1.29, 1.82) is 0 Å². The molecule has 19 heavy (non-hydrogen) atoms. The van der Waals surface area contributed by atoms with Crippen LogP contribution in [0.4, 0.5) is 0 Å². The number of rotatable bonds is 6. The van der Waals surface area contributed by atoms with E-state index in [1.165, 1.54) is 0 Å². The molecular weight excluding hydrogens is 244 g/mol. The third kappa shape index (κ3) is 3.23. The zero-order valence-corrected chi connectivity index (χ0v) is 11.1. The number of nitrogens with two attached hydrogens (primary N) is 1. The van der Waals surface area contributed by atoms with E-state index in [1.54, 1.807) is 14.2 Å². The highest BCUT2D eigenvalue weighted by molar-refractivity contribution is 5.41. The zero-order chi connectivity index (χ0) is 13.7. The van der Waals surface area contributed by atoms with Crippen molar-refractivity contribution in [1.82, 2.24) is 15.2 Å². The molecule has 1 heterocycles. The maximum absolute atomic E-state index is 5.47. The summed E-state index contributed by atoms with van der Waals surface area (Å²) in [5, 5.41) is 7.03. The molecule has 0 bridgehead atoms. The van der Waals surface area contributed by atoms with Gasteiger partial charge in [-0.1, -0.05) is 6.07 Å². The molecule has 102 valence electrons. The molecule has 0 aliphatic heterocycles. The smallest absolute Gasteiger partial charge is 0.151 e. The summed E-state index contributed by atoms with van der Waals surface area (Å²) >= 11 is 0. The molecule has 6 nitrogen and oxygen atoms in total. The summed E-state index contributed by atoms with van der Waals surface area (Å²) in [4.78, 5) is 4.38. The van der Waals surface area contributed by atoms with Crippen molar-refractivity contribution in [2.45, 2.75) is 12.8 Å². The van der Waals surface area contributed by atoms with Crippen molar-refractivity contribution < 1.29 is 9.47 Å². The number of aromatic nitrogens is 3. The van der Waals surface area contributed by atoms with Crippen molar-refractivity contribution in [3.63, 3.8) is 0 Å². The first-order valence-electron chi connectivity index (χ1n) is 6.08. The Balaban J connectivity index is 2.17. The first kappa shape index (κ1) is 13.4. The molecule has 0 atom stereocenters. The average Bonchev–Trinajstić information content (AvgIpc) is 2.87. The number of methoxy groups -OCH3 is 2. The van der Waals surface area contributed by atoms with Gasteiger partial charge in [-0.25, -0.2) is 4.98 Å². The maximum Gasteiger partial charge on any atom is 0.151 e. The fourth-order valence-corrected chi connectivity index (χ4v) is 1.83. The molecule has 6 heteroatoms. The molecule has 2 rings (SSSR count). The summed E-state index contributed by atoms with van der Waals surface area (Å²) in [6.45, 7) is 0.545. The van der Waals surface area contributed by atoms with Gasteiger partial charge in [-0.05, 0) is 12.6 Å². The third-order valence-corrected chi connectivity index (χ3v) is 2.80. The molecule has 0 aliphatic carbocycles. The Morgan fingerprint density at radius 2 is 2.11 bits per heavy atom. The molecule has 1 aromatic heterocycles. The van der Waals surface area contributed by atoms with Crippen LogP contribution in [0.25, 0.3) is 0 Å². The zero-order valence-electron chi connectivity index (χ0n) is 11.1. The van der Waals surface area contributed by atoms with Crippen molar-refractivity contribution >= 4 is 0 Å². The van der Waals surface area contributed by atoms with Crippen LogP contribution < -0.4 is 15.2 Å². The van der Waals surface area contributed by atoms with Crippen LogP contribution in [0.1, 0.15) is 17.2 Å². The van der Waals surface area contributed by atoms with Gasteiger partial charge in [-0.2, -0.15) is 5.10 Å². The normalized spacial score (nSPS) is 10.5. The van der Waals surface area contributed by atoms with Gasteiger partial charge in [0.25, 0.3) is 0 Å². The Bertz CT molecular complexity index is 539. The van der Waals surface area contributed by atoms with Gasteiger partial charge in [0.05, 0.1) is 14.2 Å². The number of nitrogens with zero attached hydrogens (tertiary/aromatic N) is 2. The second kappa shape index (κ2) is 6.19. The first-order valence-corrected chi connectivity index (χ1v) is 6.08. The number of H-pyrrole nitrogens is 1. The number of hydrogen-bond acceptors (Lipinski definition) is 5. The number of nitrogens with one attached hydrogen (secondary N) is 1. The van der Waals surface area contributed by atoms with Crippen LogP contribution in [0.2, 0.25) is 0 Å². The Morgan fingerprint density at radius 3 is 2.79 bits per heavy atom. The lowest BCUT2D eigenvalue weighted by atomic mass is 10.1. The lowest BCUT2D eigenvalue weighted by Crippen LogP contribution is -2.04. The van der Waals surface area contributed by atoms with E-state index in [9.17, 15) is 0 Å². The fourth-order valence-electron chi connectivity index (χ4n) is 1.83. The van der Waals surface area contributed by atoms with Crippen LogP contribution in [0.5, 0.6) is 11.5 Å². The summed E-state index contributed by atoms with van der Waals surface area (Å²) < 4.78 is 10.5. The number of ether oxygens (including phenoxy) is 2. The monoisotopic (exact) mass is 262 g/mol. The van der Waals surface area contributed by atoms with Gasteiger partial charge >= 0.3 is 0 Å². The van der Waals surface area contributed by atoms with Gasteiger partial charge < -0.3 is 15.2 Å². The van der Waals surface area contributed by atoms with Crippen molar-refractivity contribution in [3.8, 4) is 11.5 Å². The van der Waals surface area contributed by atoms with Gasteiger partial charge in [-0.3, -0.25) is 5.10 Å². The van der Waals surface area contributed by atoms with E-state index >= 15 is 0 Å². The summed E-state index contributed by atoms with van der Waals surface area (Å²) in [6.07, 6.45) is 1.31. The summed E-state index contributed by atoms with van der Waals surface area (Å²) in [5.41, 5.74) is 6.50. The minimum atomic E-state index is 0.545. The van der Waals surface area contributed by atoms with E-state index in [2.05, 4.69) is 15.2 Å². The standard InChI is InChI=1S/C13H18N4O2/c1-18-10-4-3-9(11(8-10)19-2)7-13-15-12(5-6-14)16-17-13/h3-4,8H,5-7,14H2,1-2H3,(H,15,16,17). The highest BCUT2D eigenvalue weighted by atomic mass is 16.5. The van der Waals surface area contributed by atoms with Crippen LogP contribution in [0.15, 0.2) is 18.2 Å². The van der Waals surface area contributed by atoms with E-state index in [-0.39, 0.29) is 0 Å². The molecule has 0 saturated heterocycles. The SMILES string of the molecule is COc1ccc(Cc2nc(CCN)n[nH]2)c(OC)c1. The second-order valence-corrected chi connectivity index (χ2v) is 4.09. The summed E-state index contributed by atoms with van der Waals surface area (Å²) in [6, 6.07) is 5.71. The molecule has 0 fully saturated rings. The largest absolute Gasteiger partial charge is 0.497 e. The van der Waals surface area contributed by atoms with E-state index < -0.39 is 0 Å². The topological polar surface area (TPSA) is 86.0 Å². The summed E-state index contributed by atoms with van der Waals surface area (Å²) in [5.74, 6) is 3.08. The van der Waals surface area contributed by atoms with Gasteiger partial charge in [-0.15, -0.1) is 0 Å². The predicted octanol–water partition coefficient (Wildman–Crippen LogP) is 0.914. The van der Waals surface area contributed by atoms with Crippen LogP contribution >= 0.6 is 0 Å².